The standard InChI is InChI=1S/C12H21N3O/c1-9(11-4-5-16-8-11)14-10(2)12-6-13-15(3)7-12/h6-7,9-11,14H,4-5,8H2,1-3H3. The van der Waals surface area contributed by atoms with Crippen LogP contribution in [0.1, 0.15) is 31.9 Å². The van der Waals surface area contributed by atoms with E-state index in [1.165, 1.54) is 12.0 Å². The summed E-state index contributed by atoms with van der Waals surface area (Å²) in [4.78, 5) is 0. The first-order valence-corrected chi connectivity index (χ1v) is 5.99. The first-order valence-electron chi connectivity index (χ1n) is 5.99. The van der Waals surface area contributed by atoms with Gasteiger partial charge in [-0.05, 0) is 26.2 Å². The maximum atomic E-state index is 5.41. The Bertz CT molecular complexity index is 331. The molecule has 1 fully saturated rings. The summed E-state index contributed by atoms with van der Waals surface area (Å²) in [5.74, 6) is 0.652. The van der Waals surface area contributed by atoms with E-state index in [2.05, 4.69) is 30.5 Å². The van der Waals surface area contributed by atoms with E-state index in [1.807, 2.05) is 17.9 Å². The summed E-state index contributed by atoms with van der Waals surface area (Å²) in [6, 6.07) is 0.849. The van der Waals surface area contributed by atoms with Crippen molar-refractivity contribution in [2.24, 2.45) is 13.0 Å². The smallest absolute Gasteiger partial charge is 0.0537 e. The van der Waals surface area contributed by atoms with Crippen molar-refractivity contribution in [1.82, 2.24) is 15.1 Å². The van der Waals surface area contributed by atoms with Crippen LogP contribution in [0.25, 0.3) is 0 Å². The van der Waals surface area contributed by atoms with Crippen molar-refractivity contribution >= 4 is 0 Å². The molecule has 90 valence electrons. The predicted octanol–water partition coefficient (Wildman–Crippen LogP) is 1.50. The van der Waals surface area contributed by atoms with Gasteiger partial charge in [-0.1, -0.05) is 0 Å². The van der Waals surface area contributed by atoms with E-state index < -0.39 is 0 Å². The van der Waals surface area contributed by atoms with E-state index in [9.17, 15) is 0 Å². The SMILES string of the molecule is CC(NC(C)C1CCOC1)c1cnn(C)c1. The van der Waals surface area contributed by atoms with Gasteiger partial charge in [0.2, 0.25) is 0 Å². The van der Waals surface area contributed by atoms with Crippen molar-refractivity contribution in [2.45, 2.75) is 32.4 Å². The monoisotopic (exact) mass is 223 g/mol. The molecule has 1 aliphatic heterocycles. The van der Waals surface area contributed by atoms with Crippen LogP contribution in [-0.4, -0.2) is 29.0 Å². The van der Waals surface area contributed by atoms with Crippen LogP contribution in [0.4, 0.5) is 0 Å². The van der Waals surface area contributed by atoms with Crippen molar-refractivity contribution in [3.63, 3.8) is 0 Å². The Kier molecular flexibility index (Phi) is 3.61. The average Bonchev–Trinajstić information content (AvgIpc) is 2.87. The first kappa shape index (κ1) is 11.6. The van der Waals surface area contributed by atoms with Crippen LogP contribution in [0.15, 0.2) is 12.4 Å². The van der Waals surface area contributed by atoms with Gasteiger partial charge in [0.05, 0.1) is 12.8 Å². The second-order valence-electron chi connectivity index (χ2n) is 4.75. The molecule has 0 amide bonds. The van der Waals surface area contributed by atoms with Gasteiger partial charge >= 0.3 is 0 Å². The molecular weight excluding hydrogens is 202 g/mol. The molecular formula is C12H21N3O. The van der Waals surface area contributed by atoms with Crippen LogP contribution >= 0.6 is 0 Å². The molecule has 3 unspecified atom stereocenters. The minimum atomic E-state index is 0.351. The van der Waals surface area contributed by atoms with Gasteiger partial charge < -0.3 is 10.1 Å². The lowest BCUT2D eigenvalue weighted by Crippen LogP contribution is -2.35. The number of aromatic nitrogens is 2. The highest BCUT2D eigenvalue weighted by atomic mass is 16.5. The molecule has 1 aromatic heterocycles. The van der Waals surface area contributed by atoms with Gasteiger partial charge in [0.25, 0.3) is 0 Å². The van der Waals surface area contributed by atoms with E-state index in [0.717, 1.165) is 13.2 Å². The highest BCUT2D eigenvalue weighted by Gasteiger charge is 2.23. The molecule has 4 heteroatoms. The number of hydrogen-bond donors (Lipinski definition) is 1. The fraction of sp³-hybridized carbons (Fsp3) is 0.750. The minimum Gasteiger partial charge on any atom is -0.381 e. The Balaban J connectivity index is 1.88. The Morgan fingerprint density at radius 3 is 2.94 bits per heavy atom. The molecule has 3 atom stereocenters. The van der Waals surface area contributed by atoms with E-state index >= 15 is 0 Å². The van der Waals surface area contributed by atoms with Gasteiger partial charge in [-0.25, -0.2) is 0 Å². The Morgan fingerprint density at radius 2 is 2.38 bits per heavy atom. The second-order valence-corrected chi connectivity index (χ2v) is 4.75. The number of nitrogens with one attached hydrogen (secondary N) is 1. The average molecular weight is 223 g/mol. The van der Waals surface area contributed by atoms with E-state index in [4.69, 9.17) is 4.74 Å². The maximum Gasteiger partial charge on any atom is 0.0537 e. The largest absolute Gasteiger partial charge is 0.381 e. The van der Waals surface area contributed by atoms with E-state index in [1.54, 1.807) is 0 Å². The lowest BCUT2D eigenvalue weighted by atomic mass is 9.99. The number of rotatable bonds is 4. The molecule has 1 N–H and O–H groups in total. The summed E-state index contributed by atoms with van der Waals surface area (Å²) in [6.45, 7) is 6.24. The third-order valence-corrected chi connectivity index (χ3v) is 3.41. The summed E-state index contributed by atoms with van der Waals surface area (Å²) in [6.07, 6.45) is 5.17. The van der Waals surface area contributed by atoms with Gasteiger partial charge in [-0.3, -0.25) is 4.68 Å². The number of hydrogen-bond acceptors (Lipinski definition) is 3. The fourth-order valence-electron chi connectivity index (χ4n) is 2.24. The van der Waals surface area contributed by atoms with Crippen LogP contribution in [0.2, 0.25) is 0 Å². The van der Waals surface area contributed by atoms with Gasteiger partial charge in [-0.15, -0.1) is 0 Å². The van der Waals surface area contributed by atoms with E-state index in [0.29, 0.717) is 18.0 Å². The van der Waals surface area contributed by atoms with E-state index in [-0.39, 0.29) is 0 Å². The Hall–Kier alpha value is -0.870. The molecule has 1 aliphatic rings. The zero-order valence-electron chi connectivity index (χ0n) is 10.3. The van der Waals surface area contributed by atoms with Gasteiger partial charge in [0.15, 0.2) is 0 Å². The van der Waals surface area contributed by atoms with Crippen LogP contribution in [0.3, 0.4) is 0 Å². The highest BCUT2D eigenvalue weighted by molar-refractivity contribution is 5.09. The molecule has 0 saturated carbocycles. The molecule has 2 heterocycles. The number of aryl methyl sites for hydroxylation is 1. The van der Waals surface area contributed by atoms with Crippen LogP contribution in [0, 0.1) is 5.92 Å². The summed E-state index contributed by atoms with van der Waals surface area (Å²) in [5.41, 5.74) is 1.24. The second kappa shape index (κ2) is 4.97. The summed E-state index contributed by atoms with van der Waals surface area (Å²) < 4.78 is 7.26. The van der Waals surface area contributed by atoms with Crippen LogP contribution < -0.4 is 5.32 Å². The third-order valence-electron chi connectivity index (χ3n) is 3.41. The van der Waals surface area contributed by atoms with Crippen molar-refractivity contribution in [2.75, 3.05) is 13.2 Å². The van der Waals surface area contributed by atoms with Crippen molar-refractivity contribution in [3.05, 3.63) is 18.0 Å². The molecule has 0 radical (unpaired) electrons. The third kappa shape index (κ3) is 2.62. The Morgan fingerprint density at radius 1 is 1.56 bits per heavy atom. The van der Waals surface area contributed by atoms with Crippen molar-refractivity contribution in [1.29, 1.82) is 0 Å². The zero-order valence-corrected chi connectivity index (χ0v) is 10.3. The fourth-order valence-corrected chi connectivity index (χ4v) is 2.24. The molecule has 0 bridgehead atoms. The van der Waals surface area contributed by atoms with Crippen LogP contribution in [-0.2, 0) is 11.8 Å². The normalized spacial score (nSPS) is 24.6. The molecule has 0 aromatic carbocycles. The summed E-state index contributed by atoms with van der Waals surface area (Å²) in [7, 11) is 1.95. The quantitative estimate of drug-likeness (QED) is 0.840. The van der Waals surface area contributed by atoms with Gasteiger partial charge in [0, 0.05) is 37.5 Å². The highest BCUT2D eigenvalue weighted by Crippen LogP contribution is 2.19. The van der Waals surface area contributed by atoms with Crippen LogP contribution in [0.5, 0.6) is 0 Å². The lowest BCUT2D eigenvalue weighted by Gasteiger charge is -2.23. The van der Waals surface area contributed by atoms with Gasteiger partial charge in [-0.2, -0.15) is 5.10 Å². The maximum absolute atomic E-state index is 5.41. The predicted molar refractivity (Wildman–Crippen MR) is 63.1 cm³/mol. The Labute approximate surface area is 97.0 Å². The number of nitrogens with zero attached hydrogens (tertiary/aromatic N) is 2. The summed E-state index contributed by atoms with van der Waals surface area (Å²) >= 11 is 0. The number of ether oxygens (including phenoxy) is 1. The molecule has 16 heavy (non-hydrogen) atoms. The topological polar surface area (TPSA) is 39.1 Å². The summed E-state index contributed by atoms with van der Waals surface area (Å²) in [5, 5.41) is 7.81. The lowest BCUT2D eigenvalue weighted by molar-refractivity contribution is 0.177. The molecule has 0 spiro atoms. The molecule has 1 aromatic rings. The molecule has 1 saturated heterocycles. The molecule has 0 aliphatic carbocycles. The minimum absolute atomic E-state index is 0.351. The van der Waals surface area contributed by atoms with Gasteiger partial charge in [0.1, 0.15) is 0 Å². The molecule has 4 nitrogen and oxygen atoms in total. The van der Waals surface area contributed by atoms with Crippen molar-refractivity contribution in [3.8, 4) is 0 Å². The zero-order chi connectivity index (χ0) is 11.5. The first-order chi connectivity index (χ1) is 7.66. The van der Waals surface area contributed by atoms with Crippen molar-refractivity contribution < 1.29 is 4.74 Å². The molecule has 2 rings (SSSR count).